The summed E-state index contributed by atoms with van der Waals surface area (Å²) in [6, 6.07) is 0.642. The van der Waals surface area contributed by atoms with E-state index in [1.165, 1.54) is 6.42 Å². The van der Waals surface area contributed by atoms with Gasteiger partial charge in [-0.15, -0.1) is 0 Å². The van der Waals surface area contributed by atoms with Gasteiger partial charge in [-0.1, -0.05) is 13.8 Å². The second-order valence-corrected chi connectivity index (χ2v) is 6.50. The van der Waals surface area contributed by atoms with E-state index in [0.29, 0.717) is 11.9 Å². The number of carbonyl (C=O) groups excluding carboxylic acids is 1. The largest absolute Gasteiger partial charge is 0.340 e. The minimum Gasteiger partial charge on any atom is -0.340 e. The zero-order valence-electron chi connectivity index (χ0n) is 13.5. The van der Waals surface area contributed by atoms with Gasteiger partial charge in [0.2, 0.25) is 5.91 Å². The van der Waals surface area contributed by atoms with Gasteiger partial charge in [0.05, 0.1) is 5.41 Å². The van der Waals surface area contributed by atoms with E-state index in [2.05, 4.69) is 35.9 Å². The molecule has 0 saturated carbocycles. The fourth-order valence-corrected chi connectivity index (χ4v) is 3.56. The molecule has 2 aliphatic rings. The minimum atomic E-state index is -0.128. The number of nitrogens with zero attached hydrogens (tertiary/aromatic N) is 2. The second kappa shape index (κ2) is 6.90. The lowest BCUT2D eigenvalue weighted by molar-refractivity contribution is -0.145. The summed E-state index contributed by atoms with van der Waals surface area (Å²) in [5, 5.41) is 3.42. The first-order chi connectivity index (χ1) is 9.63. The highest BCUT2D eigenvalue weighted by Gasteiger charge is 2.41. The van der Waals surface area contributed by atoms with Crippen LogP contribution in [0.5, 0.6) is 0 Å². The average molecular weight is 281 g/mol. The molecule has 0 aromatic heterocycles. The topological polar surface area (TPSA) is 35.6 Å². The lowest BCUT2D eigenvalue weighted by Gasteiger charge is -2.43. The van der Waals surface area contributed by atoms with Crippen molar-refractivity contribution in [2.45, 2.75) is 52.5 Å². The Bertz CT molecular complexity index is 318. The molecular weight excluding hydrogens is 250 g/mol. The lowest BCUT2D eigenvalue weighted by atomic mass is 9.77. The number of carbonyl (C=O) groups is 1. The zero-order chi connectivity index (χ0) is 14.6. The van der Waals surface area contributed by atoms with Crippen LogP contribution in [0.15, 0.2) is 0 Å². The Labute approximate surface area is 123 Å². The van der Waals surface area contributed by atoms with Crippen molar-refractivity contribution < 1.29 is 4.79 Å². The van der Waals surface area contributed by atoms with Crippen LogP contribution < -0.4 is 5.32 Å². The maximum atomic E-state index is 12.9. The molecule has 1 amide bonds. The van der Waals surface area contributed by atoms with Crippen molar-refractivity contribution in [2.24, 2.45) is 5.41 Å². The van der Waals surface area contributed by atoms with Crippen molar-refractivity contribution in [3.63, 3.8) is 0 Å². The standard InChI is InChI=1S/C16H31N3O/c1-4-14(3)18-9-11-19(12-10-18)15(20)16(5-2)7-6-8-17-13-16/h14,17H,4-13H2,1-3H3. The highest BCUT2D eigenvalue weighted by molar-refractivity contribution is 5.83. The molecule has 0 aromatic carbocycles. The van der Waals surface area contributed by atoms with Gasteiger partial charge in [0.15, 0.2) is 0 Å². The van der Waals surface area contributed by atoms with E-state index in [1.807, 2.05) is 0 Å². The van der Waals surface area contributed by atoms with Crippen molar-refractivity contribution in [2.75, 3.05) is 39.3 Å². The van der Waals surface area contributed by atoms with Crippen LogP contribution in [0.1, 0.15) is 46.5 Å². The third kappa shape index (κ3) is 3.17. The van der Waals surface area contributed by atoms with Gasteiger partial charge < -0.3 is 10.2 Å². The molecule has 0 spiro atoms. The molecule has 0 aliphatic carbocycles. The van der Waals surface area contributed by atoms with E-state index < -0.39 is 0 Å². The van der Waals surface area contributed by atoms with Gasteiger partial charge in [-0.25, -0.2) is 0 Å². The molecule has 4 heteroatoms. The summed E-state index contributed by atoms with van der Waals surface area (Å²) in [7, 11) is 0. The van der Waals surface area contributed by atoms with Crippen molar-refractivity contribution in [1.29, 1.82) is 0 Å². The van der Waals surface area contributed by atoms with Gasteiger partial charge in [-0.05, 0) is 39.2 Å². The Balaban J connectivity index is 1.93. The summed E-state index contributed by atoms with van der Waals surface area (Å²) >= 11 is 0. The van der Waals surface area contributed by atoms with E-state index >= 15 is 0 Å². The second-order valence-electron chi connectivity index (χ2n) is 6.50. The summed E-state index contributed by atoms with van der Waals surface area (Å²) in [6.07, 6.45) is 4.34. The molecule has 2 unspecified atom stereocenters. The Morgan fingerprint density at radius 3 is 2.45 bits per heavy atom. The highest BCUT2D eigenvalue weighted by Crippen LogP contribution is 2.32. The Kier molecular flexibility index (Phi) is 5.44. The zero-order valence-corrected chi connectivity index (χ0v) is 13.5. The molecule has 2 atom stereocenters. The van der Waals surface area contributed by atoms with E-state index in [1.54, 1.807) is 0 Å². The fraction of sp³-hybridized carbons (Fsp3) is 0.938. The van der Waals surface area contributed by atoms with Gasteiger partial charge in [0, 0.05) is 38.8 Å². The smallest absolute Gasteiger partial charge is 0.230 e. The molecule has 4 nitrogen and oxygen atoms in total. The molecular formula is C16H31N3O. The van der Waals surface area contributed by atoms with E-state index in [0.717, 1.165) is 58.5 Å². The Hall–Kier alpha value is -0.610. The van der Waals surface area contributed by atoms with Gasteiger partial charge in [-0.2, -0.15) is 0 Å². The number of piperidine rings is 1. The normalized spacial score (nSPS) is 30.2. The molecule has 1 N–H and O–H groups in total. The summed E-state index contributed by atoms with van der Waals surface area (Å²) in [5.74, 6) is 0.399. The molecule has 20 heavy (non-hydrogen) atoms. The quantitative estimate of drug-likeness (QED) is 0.852. The van der Waals surface area contributed by atoms with Crippen molar-refractivity contribution >= 4 is 5.91 Å². The third-order valence-electron chi connectivity index (χ3n) is 5.42. The average Bonchev–Trinajstić information content (AvgIpc) is 2.54. The number of amides is 1. The summed E-state index contributed by atoms with van der Waals surface area (Å²) in [5.41, 5.74) is -0.128. The van der Waals surface area contributed by atoms with Crippen LogP contribution in [-0.2, 0) is 4.79 Å². The van der Waals surface area contributed by atoms with Crippen LogP contribution in [0.25, 0.3) is 0 Å². The number of hydrogen-bond acceptors (Lipinski definition) is 3. The van der Waals surface area contributed by atoms with Crippen LogP contribution in [0.2, 0.25) is 0 Å². The molecule has 2 aliphatic heterocycles. The van der Waals surface area contributed by atoms with Crippen LogP contribution in [0.4, 0.5) is 0 Å². The number of nitrogens with one attached hydrogen (secondary N) is 1. The molecule has 0 bridgehead atoms. The van der Waals surface area contributed by atoms with Gasteiger partial charge in [-0.3, -0.25) is 9.69 Å². The lowest BCUT2D eigenvalue weighted by Crippen LogP contribution is -2.57. The molecule has 0 aromatic rings. The number of rotatable bonds is 4. The van der Waals surface area contributed by atoms with E-state index in [4.69, 9.17) is 0 Å². The first-order valence-corrected chi connectivity index (χ1v) is 8.37. The van der Waals surface area contributed by atoms with Crippen molar-refractivity contribution in [3.8, 4) is 0 Å². The number of piperazine rings is 1. The highest BCUT2D eigenvalue weighted by atomic mass is 16.2. The van der Waals surface area contributed by atoms with Crippen LogP contribution in [0.3, 0.4) is 0 Å². The van der Waals surface area contributed by atoms with Crippen LogP contribution in [-0.4, -0.2) is 61.0 Å². The molecule has 2 heterocycles. The van der Waals surface area contributed by atoms with Crippen LogP contribution in [0, 0.1) is 5.41 Å². The molecule has 2 fully saturated rings. The minimum absolute atomic E-state index is 0.128. The number of hydrogen-bond donors (Lipinski definition) is 1. The molecule has 0 radical (unpaired) electrons. The monoisotopic (exact) mass is 281 g/mol. The first-order valence-electron chi connectivity index (χ1n) is 8.37. The summed E-state index contributed by atoms with van der Waals surface area (Å²) in [6.45, 7) is 12.5. The van der Waals surface area contributed by atoms with E-state index in [-0.39, 0.29) is 5.41 Å². The van der Waals surface area contributed by atoms with Gasteiger partial charge in [0.1, 0.15) is 0 Å². The molecule has 2 rings (SSSR count). The molecule has 116 valence electrons. The fourth-order valence-electron chi connectivity index (χ4n) is 3.56. The predicted octanol–water partition coefficient (Wildman–Crippen LogP) is 1.71. The summed E-state index contributed by atoms with van der Waals surface area (Å²) in [4.78, 5) is 17.6. The molecule has 2 saturated heterocycles. The SMILES string of the molecule is CCC(C)N1CCN(C(=O)C2(CC)CCCNC2)CC1. The van der Waals surface area contributed by atoms with Crippen molar-refractivity contribution in [1.82, 2.24) is 15.1 Å². The van der Waals surface area contributed by atoms with Crippen LogP contribution >= 0.6 is 0 Å². The van der Waals surface area contributed by atoms with Gasteiger partial charge in [0.25, 0.3) is 0 Å². The maximum absolute atomic E-state index is 12.9. The first kappa shape index (κ1) is 15.8. The third-order valence-corrected chi connectivity index (χ3v) is 5.42. The maximum Gasteiger partial charge on any atom is 0.230 e. The van der Waals surface area contributed by atoms with Crippen molar-refractivity contribution in [3.05, 3.63) is 0 Å². The summed E-state index contributed by atoms with van der Waals surface area (Å²) < 4.78 is 0. The Morgan fingerprint density at radius 2 is 1.95 bits per heavy atom. The Morgan fingerprint density at radius 1 is 1.25 bits per heavy atom. The van der Waals surface area contributed by atoms with Gasteiger partial charge >= 0.3 is 0 Å². The predicted molar refractivity (Wildman–Crippen MR) is 82.7 cm³/mol. The van der Waals surface area contributed by atoms with E-state index in [9.17, 15) is 4.79 Å².